The molecule has 7 heteroatoms. The Morgan fingerprint density at radius 1 is 1.25 bits per heavy atom. The molecule has 166 valence electrons. The van der Waals surface area contributed by atoms with Crippen LogP contribution in [0.1, 0.15) is 49.1 Å². The van der Waals surface area contributed by atoms with E-state index in [1.165, 1.54) is 5.56 Å². The Bertz CT molecular complexity index is 1280. The number of nitrogens with one attached hydrogen (secondary N) is 1. The predicted octanol–water partition coefficient (Wildman–Crippen LogP) is 3.10. The van der Waals surface area contributed by atoms with Crippen LogP contribution in [-0.4, -0.2) is 34.7 Å². The van der Waals surface area contributed by atoms with Crippen molar-refractivity contribution in [1.82, 2.24) is 14.9 Å². The Kier molecular flexibility index (Phi) is 5.31. The topological polar surface area (TPSA) is 82.5 Å². The summed E-state index contributed by atoms with van der Waals surface area (Å²) in [4.78, 5) is 30.7. The van der Waals surface area contributed by atoms with Gasteiger partial charge in [0, 0.05) is 29.2 Å². The number of hydrogen-bond acceptors (Lipinski definition) is 6. The van der Waals surface area contributed by atoms with E-state index in [-0.39, 0.29) is 12.2 Å². The van der Waals surface area contributed by atoms with Crippen molar-refractivity contribution in [2.75, 3.05) is 13.2 Å². The minimum absolute atomic E-state index is 0.0201. The number of aromatic nitrogens is 2. The Morgan fingerprint density at radius 3 is 2.84 bits per heavy atom. The zero-order chi connectivity index (χ0) is 22.4. The van der Waals surface area contributed by atoms with E-state index in [0.29, 0.717) is 30.3 Å². The van der Waals surface area contributed by atoms with Crippen LogP contribution in [0, 0.1) is 0 Å². The molecule has 1 aromatic carbocycles. The van der Waals surface area contributed by atoms with E-state index < -0.39 is 12.1 Å². The van der Waals surface area contributed by atoms with Crippen LogP contribution in [0.25, 0.3) is 22.3 Å². The first-order valence-corrected chi connectivity index (χ1v) is 11.2. The number of nitrogens with zero attached hydrogens (tertiary/aromatic N) is 2. The quantitative estimate of drug-likeness (QED) is 0.471. The van der Waals surface area contributed by atoms with E-state index in [4.69, 9.17) is 14.5 Å². The van der Waals surface area contributed by atoms with Gasteiger partial charge in [-0.15, -0.1) is 0 Å². The third-order valence-corrected chi connectivity index (χ3v) is 6.22. The van der Waals surface area contributed by atoms with Gasteiger partial charge >= 0.3 is 5.97 Å². The van der Waals surface area contributed by atoms with E-state index in [1.807, 2.05) is 31.2 Å². The lowest BCUT2D eigenvalue weighted by Crippen LogP contribution is -2.33. The Labute approximate surface area is 186 Å². The Morgan fingerprint density at radius 2 is 2.06 bits per heavy atom. The van der Waals surface area contributed by atoms with E-state index in [2.05, 4.69) is 25.2 Å². The van der Waals surface area contributed by atoms with Gasteiger partial charge in [-0.05, 0) is 37.6 Å². The van der Waals surface area contributed by atoms with Gasteiger partial charge in [0.15, 0.2) is 6.10 Å². The normalized spacial score (nSPS) is 16.8. The highest BCUT2D eigenvalue weighted by atomic mass is 16.6. The minimum Gasteiger partial charge on any atom is -0.458 e. The molecule has 0 radical (unpaired) electrons. The van der Waals surface area contributed by atoms with Gasteiger partial charge in [-0.25, -0.2) is 9.78 Å². The summed E-state index contributed by atoms with van der Waals surface area (Å²) < 4.78 is 12.7. The molecule has 1 N–H and O–H groups in total. The van der Waals surface area contributed by atoms with Gasteiger partial charge in [0.1, 0.15) is 6.61 Å². The van der Waals surface area contributed by atoms with Gasteiger partial charge in [0.2, 0.25) is 0 Å². The zero-order valence-electron chi connectivity index (χ0n) is 18.6. The minimum atomic E-state index is -0.874. The van der Waals surface area contributed by atoms with E-state index in [1.54, 1.807) is 4.57 Å². The number of ether oxygens (including phenoxy) is 2. The first-order chi connectivity index (χ1) is 15.5. The summed E-state index contributed by atoms with van der Waals surface area (Å²) in [5, 5.41) is 4.61. The summed E-state index contributed by atoms with van der Waals surface area (Å²) in [6.07, 6.45) is -0.0311. The molecule has 32 heavy (non-hydrogen) atoms. The molecule has 3 aromatic rings. The molecular formula is C25H27N3O4. The van der Waals surface area contributed by atoms with Gasteiger partial charge in [-0.2, -0.15) is 0 Å². The predicted molar refractivity (Wildman–Crippen MR) is 122 cm³/mol. The van der Waals surface area contributed by atoms with Crippen molar-refractivity contribution in [3.63, 3.8) is 0 Å². The van der Waals surface area contributed by atoms with Gasteiger partial charge in [-0.1, -0.05) is 32.0 Å². The smallest absolute Gasteiger partial charge is 0.340 e. The number of carbonyl (C=O) groups excluding carboxylic acids is 1. The van der Waals surface area contributed by atoms with Gasteiger partial charge < -0.3 is 19.4 Å². The van der Waals surface area contributed by atoms with Gasteiger partial charge in [-0.3, -0.25) is 4.79 Å². The molecule has 0 saturated carbocycles. The molecule has 0 spiro atoms. The van der Waals surface area contributed by atoms with E-state index in [9.17, 15) is 9.59 Å². The molecule has 0 fully saturated rings. The second-order valence-electron chi connectivity index (χ2n) is 8.59. The van der Waals surface area contributed by atoms with Crippen molar-refractivity contribution in [2.45, 2.75) is 52.5 Å². The van der Waals surface area contributed by atoms with E-state index >= 15 is 0 Å². The number of fused-ring (bicyclic) bond motifs is 5. The number of carbonyl (C=O) groups is 1. The SMILES string of the molecule is CCO[C@@H]1C(=O)OCc2c1cc1n(c2=O)Cc2c-1nc1ccccc1c2CCNC(C)C. The second kappa shape index (κ2) is 8.15. The number of hydrogen-bond donors (Lipinski definition) is 1. The van der Waals surface area contributed by atoms with E-state index in [0.717, 1.165) is 40.8 Å². The molecule has 0 amide bonds. The molecule has 5 rings (SSSR count). The summed E-state index contributed by atoms with van der Waals surface area (Å²) in [6, 6.07) is 10.4. The first kappa shape index (κ1) is 20.8. The Hall–Kier alpha value is -3.03. The van der Waals surface area contributed by atoms with Crippen molar-refractivity contribution >= 4 is 16.9 Å². The molecule has 0 unspecified atom stereocenters. The summed E-state index contributed by atoms with van der Waals surface area (Å²) in [7, 11) is 0. The third-order valence-electron chi connectivity index (χ3n) is 6.22. The molecule has 0 bridgehead atoms. The molecule has 2 aliphatic heterocycles. The van der Waals surface area contributed by atoms with Crippen LogP contribution in [0.5, 0.6) is 0 Å². The van der Waals surface area contributed by atoms with Crippen molar-refractivity contribution in [3.05, 3.63) is 62.9 Å². The maximum atomic E-state index is 13.4. The summed E-state index contributed by atoms with van der Waals surface area (Å²) in [5.74, 6) is -0.450. The van der Waals surface area contributed by atoms with Gasteiger partial charge in [0.05, 0.1) is 29.0 Å². The van der Waals surface area contributed by atoms with Gasteiger partial charge in [0.25, 0.3) is 5.56 Å². The van der Waals surface area contributed by atoms with Crippen LogP contribution in [0.2, 0.25) is 0 Å². The monoisotopic (exact) mass is 433 g/mol. The third kappa shape index (κ3) is 3.32. The molecule has 7 nitrogen and oxygen atoms in total. The van der Waals surface area contributed by atoms with Crippen LogP contribution in [0.15, 0.2) is 35.1 Å². The van der Waals surface area contributed by atoms with Crippen LogP contribution in [0.3, 0.4) is 0 Å². The lowest BCUT2D eigenvalue weighted by atomic mass is 9.97. The molecule has 2 aliphatic rings. The average molecular weight is 434 g/mol. The number of rotatable bonds is 6. The summed E-state index contributed by atoms with van der Waals surface area (Å²) in [5.41, 5.74) is 5.72. The molecule has 4 heterocycles. The fourth-order valence-electron chi connectivity index (χ4n) is 4.74. The molecular weight excluding hydrogens is 406 g/mol. The summed E-state index contributed by atoms with van der Waals surface area (Å²) >= 11 is 0. The molecule has 0 aliphatic carbocycles. The largest absolute Gasteiger partial charge is 0.458 e. The molecule has 2 aromatic heterocycles. The van der Waals surface area contributed by atoms with Crippen molar-refractivity contribution < 1.29 is 14.3 Å². The average Bonchev–Trinajstić information content (AvgIpc) is 3.14. The zero-order valence-corrected chi connectivity index (χ0v) is 18.6. The second-order valence-corrected chi connectivity index (χ2v) is 8.59. The Balaban J connectivity index is 1.69. The summed E-state index contributed by atoms with van der Waals surface area (Å²) in [6.45, 7) is 7.73. The molecule has 1 atom stereocenters. The van der Waals surface area contributed by atoms with Crippen LogP contribution < -0.4 is 10.9 Å². The van der Waals surface area contributed by atoms with Crippen molar-refractivity contribution in [2.24, 2.45) is 0 Å². The highest BCUT2D eigenvalue weighted by molar-refractivity contribution is 5.88. The standard InChI is InChI=1S/C25H27N3O4/c1-4-31-23-17-11-21-22-18(12-28(21)24(29)19(17)13-32-25(23)30)15(9-10-26-14(2)3)16-7-5-6-8-20(16)27-22/h5-8,11,14,23,26H,4,9-10,12-13H2,1-3H3/t23-/m0/s1. The highest BCUT2D eigenvalue weighted by Crippen LogP contribution is 2.38. The van der Waals surface area contributed by atoms with Crippen molar-refractivity contribution in [3.8, 4) is 11.4 Å². The maximum absolute atomic E-state index is 13.4. The first-order valence-electron chi connectivity index (χ1n) is 11.2. The van der Waals surface area contributed by atoms with Crippen molar-refractivity contribution in [1.29, 1.82) is 0 Å². The fraction of sp³-hybridized carbons (Fsp3) is 0.400. The van der Waals surface area contributed by atoms with Crippen LogP contribution in [0.4, 0.5) is 0 Å². The number of benzene rings is 1. The number of pyridine rings is 2. The highest BCUT2D eigenvalue weighted by Gasteiger charge is 2.36. The molecule has 0 saturated heterocycles. The number of esters is 1. The lowest BCUT2D eigenvalue weighted by Gasteiger charge is -2.24. The lowest BCUT2D eigenvalue weighted by molar-refractivity contribution is -0.161. The fourth-order valence-corrected chi connectivity index (χ4v) is 4.74. The number of cyclic esters (lactones) is 1. The number of para-hydroxylation sites is 1. The van der Waals surface area contributed by atoms with Crippen LogP contribution in [-0.2, 0) is 33.8 Å². The van der Waals surface area contributed by atoms with Crippen LogP contribution >= 0.6 is 0 Å². The maximum Gasteiger partial charge on any atom is 0.340 e.